The number of nitrogens with zero attached hydrogens (tertiary/aromatic N) is 7. The van der Waals surface area contributed by atoms with Gasteiger partial charge < -0.3 is 5.73 Å². The number of nitrogens with two attached hydrogens (primary N) is 1. The number of hydrogen-bond donors (Lipinski definition) is 1. The highest BCUT2D eigenvalue weighted by molar-refractivity contribution is 14.1. The van der Waals surface area contributed by atoms with Crippen molar-refractivity contribution in [2.24, 2.45) is 0 Å². The van der Waals surface area contributed by atoms with Crippen LogP contribution in [0.25, 0.3) is 11.9 Å². The highest BCUT2D eigenvalue weighted by atomic mass is 127. The van der Waals surface area contributed by atoms with Crippen LogP contribution in [0.1, 0.15) is 0 Å². The second-order valence-corrected chi connectivity index (χ2v) is 4.61. The molecular weight excluding hydrogens is 347 g/mol. The Labute approximate surface area is 115 Å². The molecule has 0 aliphatic heterocycles. The number of halogens is 1. The van der Waals surface area contributed by atoms with Gasteiger partial charge in [0.25, 0.3) is 5.95 Å². The maximum absolute atomic E-state index is 5.67. The molecule has 3 rings (SSSR count). The average molecular weight is 354 g/mol. The number of anilines is 1. The zero-order valence-corrected chi connectivity index (χ0v) is 11.1. The minimum atomic E-state index is 0.134. The van der Waals surface area contributed by atoms with Crippen LogP contribution >= 0.6 is 22.6 Å². The van der Waals surface area contributed by atoms with Gasteiger partial charge in [0, 0.05) is 18.6 Å². The predicted molar refractivity (Wildman–Crippen MR) is 71.2 cm³/mol. The summed E-state index contributed by atoms with van der Waals surface area (Å²) in [6.45, 7) is 0. The van der Waals surface area contributed by atoms with Gasteiger partial charge in [-0.25, -0.2) is 9.67 Å². The predicted octanol–water partition coefficient (Wildman–Crippen LogP) is 0.430. The van der Waals surface area contributed by atoms with Gasteiger partial charge in [-0.05, 0) is 22.6 Å². The van der Waals surface area contributed by atoms with Crippen LogP contribution in [0, 0.1) is 3.57 Å². The molecule has 0 atom stereocenters. The third-order valence-corrected chi connectivity index (χ3v) is 2.68. The van der Waals surface area contributed by atoms with E-state index in [0.29, 0.717) is 11.9 Å². The quantitative estimate of drug-likeness (QED) is 0.670. The second-order valence-electron chi connectivity index (χ2n) is 3.37. The fraction of sp³-hybridized carbons (Fsp3) is 0. The van der Waals surface area contributed by atoms with Gasteiger partial charge in [0.15, 0.2) is 0 Å². The minimum absolute atomic E-state index is 0.134. The molecular formula is C9H7IN8. The molecule has 0 spiro atoms. The summed E-state index contributed by atoms with van der Waals surface area (Å²) < 4.78 is 4.17. The summed E-state index contributed by atoms with van der Waals surface area (Å²) in [6, 6.07) is 0. The van der Waals surface area contributed by atoms with Crippen LogP contribution in [0.2, 0.25) is 0 Å². The third kappa shape index (κ3) is 2.03. The van der Waals surface area contributed by atoms with Gasteiger partial charge in [-0.2, -0.15) is 20.1 Å². The van der Waals surface area contributed by atoms with Gasteiger partial charge in [0.2, 0.25) is 11.9 Å². The van der Waals surface area contributed by atoms with Crippen LogP contribution in [-0.2, 0) is 0 Å². The van der Waals surface area contributed by atoms with Crippen molar-refractivity contribution in [2.75, 3.05) is 5.73 Å². The van der Waals surface area contributed by atoms with Gasteiger partial charge in [-0.3, -0.25) is 4.57 Å². The highest BCUT2D eigenvalue weighted by Gasteiger charge is 2.08. The molecule has 0 bridgehead atoms. The maximum atomic E-state index is 5.67. The van der Waals surface area contributed by atoms with Crippen molar-refractivity contribution in [3.8, 4) is 11.9 Å². The van der Waals surface area contributed by atoms with Gasteiger partial charge in [-0.15, -0.1) is 0 Å². The molecule has 0 radical (unpaired) electrons. The van der Waals surface area contributed by atoms with Crippen LogP contribution in [0.5, 0.6) is 0 Å². The zero-order chi connectivity index (χ0) is 12.5. The van der Waals surface area contributed by atoms with Crippen LogP contribution in [0.15, 0.2) is 31.1 Å². The fourth-order valence-corrected chi connectivity index (χ4v) is 1.76. The lowest BCUT2D eigenvalue weighted by Gasteiger charge is -2.04. The topological polar surface area (TPSA) is 100 Å². The van der Waals surface area contributed by atoms with E-state index in [1.807, 2.05) is 0 Å². The van der Waals surface area contributed by atoms with Crippen molar-refractivity contribution < 1.29 is 0 Å². The van der Waals surface area contributed by atoms with Crippen molar-refractivity contribution >= 4 is 28.5 Å². The molecule has 18 heavy (non-hydrogen) atoms. The van der Waals surface area contributed by atoms with E-state index in [2.05, 4.69) is 47.6 Å². The van der Waals surface area contributed by atoms with Crippen LogP contribution in [0.4, 0.5) is 5.95 Å². The van der Waals surface area contributed by atoms with Gasteiger partial charge in [0.1, 0.15) is 6.33 Å². The Morgan fingerprint density at radius 1 is 1.17 bits per heavy atom. The molecule has 3 heterocycles. The lowest BCUT2D eigenvalue weighted by molar-refractivity contribution is 0.778. The van der Waals surface area contributed by atoms with E-state index in [4.69, 9.17) is 5.73 Å². The van der Waals surface area contributed by atoms with E-state index < -0.39 is 0 Å². The molecule has 0 saturated heterocycles. The largest absolute Gasteiger partial charge is 0.368 e. The Bertz CT molecular complexity index is 674. The molecule has 0 aliphatic carbocycles. The van der Waals surface area contributed by atoms with Crippen LogP contribution < -0.4 is 5.73 Å². The Morgan fingerprint density at radius 3 is 2.67 bits per heavy atom. The van der Waals surface area contributed by atoms with Crippen molar-refractivity contribution in [1.29, 1.82) is 0 Å². The number of rotatable bonds is 2. The summed E-state index contributed by atoms with van der Waals surface area (Å²) >= 11 is 2.15. The van der Waals surface area contributed by atoms with Crippen molar-refractivity contribution in [3.63, 3.8) is 0 Å². The summed E-state index contributed by atoms with van der Waals surface area (Å²) in [5.74, 6) is 0.906. The fourth-order valence-electron chi connectivity index (χ4n) is 1.37. The Kier molecular flexibility index (Phi) is 2.66. The van der Waals surface area contributed by atoms with Gasteiger partial charge >= 0.3 is 0 Å². The standard InChI is InChI=1S/C9H7IN8/c10-6-3-13-18(4-6)9-15-7(11)14-8(16-9)17-2-1-12-5-17/h1-5H,(H2,11,14,15,16). The van der Waals surface area contributed by atoms with Crippen molar-refractivity contribution in [1.82, 2.24) is 34.3 Å². The molecule has 0 fully saturated rings. The first kappa shape index (κ1) is 11.1. The Balaban J connectivity index is 2.11. The molecule has 0 amide bonds. The maximum Gasteiger partial charge on any atom is 0.257 e. The average Bonchev–Trinajstić information content (AvgIpc) is 2.98. The number of imidazole rings is 1. The van der Waals surface area contributed by atoms with E-state index in [0.717, 1.165) is 3.57 Å². The molecule has 8 nitrogen and oxygen atoms in total. The molecule has 9 heteroatoms. The van der Waals surface area contributed by atoms with Crippen LogP contribution in [-0.4, -0.2) is 34.3 Å². The summed E-state index contributed by atoms with van der Waals surface area (Å²) in [4.78, 5) is 16.3. The zero-order valence-electron chi connectivity index (χ0n) is 8.97. The lowest BCUT2D eigenvalue weighted by atomic mass is 10.7. The highest BCUT2D eigenvalue weighted by Crippen LogP contribution is 2.09. The molecule has 0 aliphatic rings. The van der Waals surface area contributed by atoms with E-state index in [9.17, 15) is 0 Å². The van der Waals surface area contributed by atoms with Gasteiger partial charge in [0.05, 0.1) is 9.77 Å². The molecule has 0 aromatic carbocycles. The second kappa shape index (κ2) is 4.33. The molecule has 0 saturated carbocycles. The molecule has 90 valence electrons. The molecule has 3 aromatic heterocycles. The minimum Gasteiger partial charge on any atom is -0.368 e. The van der Waals surface area contributed by atoms with E-state index in [1.165, 1.54) is 0 Å². The first-order chi connectivity index (χ1) is 8.72. The Morgan fingerprint density at radius 2 is 2.00 bits per heavy atom. The monoisotopic (exact) mass is 354 g/mol. The van der Waals surface area contributed by atoms with E-state index >= 15 is 0 Å². The summed E-state index contributed by atoms with van der Waals surface area (Å²) in [5, 5.41) is 4.13. The van der Waals surface area contributed by atoms with E-state index in [1.54, 1.807) is 40.4 Å². The summed E-state index contributed by atoms with van der Waals surface area (Å²) in [5.41, 5.74) is 5.67. The van der Waals surface area contributed by atoms with E-state index in [-0.39, 0.29) is 5.95 Å². The first-order valence-electron chi connectivity index (χ1n) is 4.93. The molecule has 0 unspecified atom stereocenters. The summed E-state index contributed by atoms with van der Waals surface area (Å²) in [7, 11) is 0. The molecule has 2 N–H and O–H groups in total. The third-order valence-electron chi connectivity index (χ3n) is 2.12. The normalized spacial score (nSPS) is 10.7. The Hall–Kier alpha value is -2.04. The number of nitrogen functional groups attached to an aromatic ring is 1. The van der Waals surface area contributed by atoms with Crippen molar-refractivity contribution in [2.45, 2.75) is 0 Å². The van der Waals surface area contributed by atoms with Gasteiger partial charge in [-0.1, -0.05) is 0 Å². The van der Waals surface area contributed by atoms with Crippen LogP contribution in [0.3, 0.4) is 0 Å². The lowest BCUT2D eigenvalue weighted by Crippen LogP contribution is -2.10. The smallest absolute Gasteiger partial charge is 0.257 e. The SMILES string of the molecule is Nc1nc(-n2ccnc2)nc(-n2cc(I)cn2)n1. The number of aromatic nitrogens is 7. The number of hydrogen-bond acceptors (Lipinski definition) is 6. The van der Waals surface area contributed by atoms with Crippen molar-refractivity contribution in [3.05, 3.63) is 34.7 Å². The first-order valence-corrected chi connectivity index (χ1v) is 6.01. The summed E-state index contributed by atoms with van der Waals surface area (Å²) in [6.07, 6.45) is 8.46. The molecule has 3 aromatic rings.